The number of nitrogens with two attached hydrogens (primary N) is 2. The molecule has 6 nitrogen and oxygen atoms in total. The molecule has 2 aromatic rings. The topological polar surface area (TPSA) is 101 Å². The number of nitrogens with zero attached hydrogens (tertiary/aromatic N) is 1. The first-order valence-corrected chi connectivity index (χ1v) is 8.25. The second-order valence-corrected chi connectivity index (χ2v) is 5.77. The Balaban J connectivity index is 2.08. The molecule has 0 saturated carbocycles. The number of primary amides is 1. The van der Waals surface area contributed by atoms with E-state index >= 15 is 0 Å². The zero-order valence-corrected chi connectivity index (χ0v) is 14.2. The van der Waals surface area contributed by atoms with E-state index < -0.39 is 6.03 Å². The van der Waals surface area contributed by atoms with E-state index in [1.807, 2.05) is 42.5 Å². The average molecular weight is 340 g/mol. The van der Waals surface area contributed by atoms with Gasteiger partial charge in [0, 0.05) is 25.2 Å². The third-order valence-corrected chi connectivity index (χ3v) is 3.80. The summed E-state index contributed by atoms with van der Waals surface area (Å²) in [6.07, 6.45) is 0.749. The van der Waals surface area contributed by atoms with Crippen LogP contribution in [0, 0.1) is 0 Å². The Hall–Kier alpha value is -2.86. The van der Waals surface area contributed by atoms with Gasteiger partial charge in [-0.3, -0.25) is 4.79 Å². The molecule has 0 radical (unpaired) electrons. The molecule has 0 aliphatic heterocycles. The normalized spacial score (nSPS) is 10.3. The molecular weight excluding hydrogens is 316 g/mol. The molecule has 0 aliphatic rings. The molecule has 0 bridgehead atoms. The van der Waals surface area contributed by atoms with Gasteiger partial charge < -0.3 is 21.7 Å². The van der Waals surface area contributed by atoms with Gasteiger partial charge in [0.05, 0.1) is 0 Å². The van der Waals surface area contributed by atoms with Crippen molar-refractivity contribution < 1.29 is 9.59 Å². The summed E-state index contributed by atoms with van der Waals surface area (Å²) in [5.41, 5.74) is 13.2. The van der Waals surface area contributed by atoms with Crippen LogP contribution >= 0.6 is 0 Å². The average Bonchev–Trinajstić information content (AvgIpc) is 2.64. The van der Waals surface area contributed by atoms with Crippen molar-refractivity contribution in [2.75, 3.05) is 13.1 Å². The summed E-state index contributed by atoms with van der Waals surface area (Å²) in [5, 5.41) is 2.52. The standard InChI is InChI=1S/C19H24N4O2/c20-11-4-12-23(14-16-5-2-1-3-6-16)18(24)17-9-7-15(8-10-17)13-22-19(21)25/h1-3,5-10H,4,11-14,20H2,(H3,21,22,25). The minimum Gasteiger partial charge on any atom is -0.352 e. The summed E-state index contributed by atoms with van der Waals surface area (Å²) in [6.45, 7) is 2.03. The molecule has 0 aliphatic carbocycles. The van der Waals surface area contributed by atoms with E-state index in [0.717, 1.165) is 17.5 Å². The van der Waals surface area contributed by atoms with Crippen LogP contribution in [0.2, 0.25) is 0 Å². The lowest BCUT2D eigenvalue weighted by Crippen LogP contribution is -2.32. The lowest BCUT2D eigenvalue weighted by atomic mass is 10.1. The Morgan fingerprint density at radius 3 is 2.24 bits per heavy atom. The highest BCUT2D eigenvalue weighted by molar-refractivity contribution is 5.94. The third-order valence-electron chi connectivity index (χ3n) is 3.80. The van der Waals surface area contributed by atoms with Gasteiger partial charge in [0.2, 0.25) is 0 Å². The Labute approximate surface area is 147 Å². The van der Waals surface area contributed by atoms with Crippen LogP contribution in [0.3, 0.4) is 0 Å². The first-order chi connectivity index (χ1) is 12.1. The zero-order chi connectivity index (χ0) is 18.1. The number of carbonyl (C=O) groups is 2. The summed E-state index contributed by atoms with van der Waals surface area (Å²) in [4.78, 5) is 25.4. The van der Waals surface area contributed by atoms with Gasteiger partial charge in [-0.2, -0.15) is 0 Å². The minimum absolute atomic E-state index is 0.0355. The van der Waals surface area contributed by atoms with Gasteiger partial charge in [0.1, 0.15) is 0 Å². The van der Waals surface area contributed by atoms with Crippen molar-refractivity contribution in [1.82, 2.24) is 10.2 Å². The molecule has 0 fully saturated rings. The summed E-state index contributed by atoms with van der Waals surface area (Å²) in [6, 6.07) is 16.5. The SMILES string of the molecule is NCCCN(Cc1ccccc1)C(=O)c1ccc(CNC(N)=O)cc1. The largest absolute Gasteiger partial charge is 0.352 e. The smallest absolute Gasteiger partial charge is 0.312 e. The number of carbonyl (C=O) groups excluding carboxylic acids is 2. The Morgan fingerprint density at radius 2 is 1.64 bits per heavy atom. The van der Waals surface area contributed by atoms with E-state index in [2.05, 4.69) is 5.32 Å². The maximum atomic E-state index is 12.8. The fourth-order valence-corrected chi connectivity index (χ4v) is 2.48. The van der Waals surface area contributed by atoms with Crippen LogP contribution in [0.15, 0.2) is 54.6 Å². The van der Waals surface area contributed by atoms with Crippen LogP contribution in [0.5, 0.6) is 0 Å². The van der Waals surface area contributed by atoms with E-state index in [9.17, 15) is 9.59 Å². The number of amides is 3. The first kappa shape index (κ1) is 18.5. The molecule has 0 unspecified atom stereocenters. The van der Waals surface area contributed by atoms with Crippen molar-refractivity contribution in [3.05, 3.63) is 71.3 Å². The maximum absolute atomic E-state index is 12.8. The number of benzene rings is 2. The van der Waals surface area contributed by atoms with Crippen LogP contribution in [0.4, 0.5) is 4.79 Å². The molecule has 5 N–H and O–H groups in total. The van der Waals surface area contributed by atoms with Crippen LogP contribution in [0.25, 0.3) is 0 Å². The van der Waals surface area contributed by atoms with E-state index in [0.29, 0.717) is 31.7 Å². The molecule has 0 atom stereocenters. The van der Waals surface area contributed by atoms with Gasteiger partial charge in [-0.1, -0.05) is 42.5 Å². The number of hydrogen-bond acceptors (Lipinski definition) is 3. The van der Waals surface area contributed by atoms with Crippen molar-refractivity contribution in [3.8, 4) is 0 Å². The maximum Gasteiger partial charge on any atom is 0.312 e. The quantitative estimate of drug-likeness (QED) is 0.683. The molecule has 3 amide bonds. The highest BCUT2D eigenvalue weighted by atomic mass is 16.2. The van der Waals surface area contributed by atoms with E-state index in [1.165, 1.54) is 0 Å². The summed E-state index contributed by atoms with van der Waals surface area (Å²) in [7, 11) is 0. The lowest BCUT2D eigenvalue weighted by molar-refractivity contribution is 0.0742. The fraction of sp³-hybridized carbons (Fsp3) is 0.263. The van der Waals surface area contributed by atoms with Gasteiger partial charge in [-0.15, -0.1) is 0 Å². The molecule has 132 valence electrons. The van der Waals surface area contributed by atoms with E-state index in [-0.39, 0.29) is 5.91 Å². The monoisotopic (exact) mass is 340 g/mol. The lowest BCUT2D eigenvalue weighted by Gasteiger charge is -2.23. The molecule has 2 rings (SSSR count). The number of nitrogens with one attached hydrogen (secondary N) is 1. The van der Waals surface area contributed by atoms with Gasteiger partial charge >= 0.3 is 6.03 Å². The second kappa shape index (κ2) is 9.44. The van der Waals surface area contributed by atoms with E-state index in [4.69, 9.17) is 11.5 Å². The van der Waals surface area contributed by atoms with E-state index in [1.54, 1.807) is 17.0 Å². The molecule has 0 heterocycles. The van der Waals surface area contributed by atoms with Crippen LogP contribution < -0.4 is 16.8 Å². The third kappa shape index (κ3) is 5.93. The fourth-order valence-electron chi connectivity index (χ4n) is 2.48. The Bertz CT molecular complexity index is 686. The number of rotatable bonds is 8. The number of urea groups is 1. The Kier molecular flexibility index (Phi) is 6.98. The molecule has 0 saturated heterocycles. The molecule has 6 heteroatoms. The van der Waals surface area contributed by atoms with Crippen molar-refractivity contribution in [3.63, 3.8) is 0 Å². The van der Waals surface area contributed by atoms with Crippen molar-refractivity contribution in [2.24, 2.45) is 11.5 Å². The van der Waals surface area contributed by atoms with Gasteiger partial charge in [-0.25, -0.2) is 4.79 Å². The summed E-state index contributed by atoms with van der Waals surface area (Å²) in [5.74, 6) is -0.0355. The van der Waals surface area contributed by atoms with Crippen molar-refractivity contribution in [2.45, 2.75) is 19.5 Å². The highest BCUT2D eigenvalue weighted by Crippen LogP contribution is 2.12. The predicted molar refractivity (Wildman–Crippen MR) is 97.7 cm³/mol. The second-order valence-electron chi connectivity index (χ2n) is 5.77. The summed E-state index contributed by atoms with van der Waals surface area (Å²) >= 11 is 0. The van der Waals surface area contributed by atoms with Gasteiger partial charge in [0.25, 0.3) is 5.91 Å². The molecule has 25 heavy (non-hydrogen) atoms. The predicted octanol–water partition coefficient (Wildman–Crippen LogP) is 1.85. The molecular formula is C19H24N4O2. The van der Waals surface area contributed by atoms with Crippen molar-refractivity contribution in [1.29, 1.82) is 0 Å². The summed E-state index contributed by atoms with van der Waals surface area (Å²) < 4.78 is 0. The Morgan fingerprint density at radius 1 is 0.960 bits per heavy atom. The van der Waals surface area contributed by atoms with Crippen LogP contribution in [-0.2, 0) is 13.1 Å². The van der Waals surface area contributed by atoms with Gasteiger partial charge in [0.15, 0.2) is 0 Å². The number of hydrogen-bond donors (Lipinski definition) is 3. The van der Waals surface area contributed by atoms with Crippen LogP contribution in [-0.4, -0.2) is 29.9 Å². The minimum atomic E-state index is -0.573. The molecule has 2 aromatic carbocycles. The van der Waals surface area contributed by atoms with Crippen molar-refractivity contribution >= 4 is 11.9 Å². The zero-order valence-electron chi connectivity index (χ0n) is 14.2. The highest BCUT2D eigenvalue weighted by Gasteiger charge is 2.15. The molecule has 0 spiro atoms. The molecule has 0 aromatic heterocycles. The first-order valence-electron chi connectivity index (χ1n) is 8.25. The van der Waals surface area contributed by atoms with Crippen LogP contribution in [0.1, 0.15) is 27.9 Å². The van der Waals surface area contributed by atoms with Gasteiger partial charge in [-0.05, 0) is 36.2 Å².